The van der Waals surface area contributed by atoms with E-state index in [1.807, 2.05) is 0 Å². The van der Waals surface area contributed by atoms with Crippen molar-refractivity contribution in [1.82, 2.24) is 19.8 Å². The Morgan fingerprint density at radius 1 is 1.05 bits per heavy atom. The lowest BCUT2D eigenvalue weighted by Crippen LogP contribution is -2.50. The van der Waals surface area contributed by atoms with Crippen molar-refractivity contribution in [1.29, 1.82) is 0 Å². The first kappa shape index (κ1) is 25.5. The molecule has 2 aliphatic heterocycles. The molecule has 0 atom stereocenters. The number of likely N-dealkylation sites (tertiary alicyclic amines) is 2. The third-order valence-electron chi connectivity index (χ3n) is 9.04. The zero-order chi connectivity index (χ0) is 26.1. The molecule has 7 nitrogen and oxygen atoms in total. The first-order valence-corrected chi connectivity index (χ1v) is 14.5. The van der Waals surface area contributed by atoms with E-state index >= 15 is 0 Å². The zero-order valence-corrected chi connectivity index (χ0v) is 23.3. The molecule has 3 fully saturated rings. The fraction of sp³-hybridized carbons (Fsp3) is 0.581. The van der Waals surface area contributed by atoms with E-state index in [1.165, 1.54) is 64.7 Å². The van der Waals surface area contributed by atoms with Gasteiger partial charge in [0.05, 0.1) is 30.6 Å². The maximum Gasteiger partial charge on any atom is 0.163 e. The van der Waals surface area contributed by atoms with E-state index in [1.54, 1.807) is 7.11 Å². The minimum atomic E-state index is 0.495. The first-order valence-electron chi connectivity index (χ1n) is 14.5. The fourth-order valence-electron chi connectivity index (χ4n) is 6.70. The van der Waals surface area contributed by atoms with Crippen LogP contribution in [-0.4, -0.2) is 79.3 Å². The monoisotopic (exact) mass is 517 g/mol. The predicted octanol–water partition coefficient (Wildman–Crippen LogP) is 5.70. The standard InChI is InChI=1S/C31H43N5O2/c1-22-7-8-25(32-22)28-18-26(33-23-20-31(21-23)9-14-35(2)15-10-31)24-17-29(37-3)30(19-27(24)34-28)38-16-6-13-36-11-4-5-12-36/h7-8,17-19,23,32H,4-6,9-16,20-21H2,1-3H3,(H,33,34). The van der Waals surface area contributed by atoms with Gasteiger partial charge < -0.3 is 29.6 Å². The van der Waals surface area contributed by atoms with E-state index in [9.17, 15) is 0 Å². The van der Waals surface area contributed by atoms with Gasteiger partial charge in [-0.1, -0.05) is 0 Å². The third-order valence-corrected chi connectivity index (χ3v) is 9.04. The number of benzene rings is 1. The molecule has 1 saturated carbocycles. The number of aromatic nitrogens is 2. The van der Waals surface area contributed by atoms with Gasteiger partial charge in [-0.15, -0.1) is 0 Å². The number of anilines is 1. The van der Waals surface area contributed by atoms with E-state index in [0.717, 1.165) is 58.1 Å². The van der Waals surface area contributed by atoms with Crippen molar-refractivity contribution in [2.45, 2.75) is 57.9 Å². The number of rotatable bonds is 9. The summed E-state index contributed by atoms with van der Waals surface area (Å²) >= 11 is 0. The lowest BCUT2D eigenvalue weighted by atomic mass is 9.60. The molecule has 2 N–H and O–H groups in total. The molecule has 0 amide bonds. The molecule has 2 saturated heterocycles. The second kappa shape index (κ2) is 10.8. The van der Waals surface area contributed by atoms with Gasteiger partial charge in [0.1, 0.15) is 0 Å². The van der Waals surface area contributed by atoms with Crippen molar-refractivity contribution in [2.75, 3.05) is 58.8 Å². The highest BCUT2D eigenvalue weighted by molar-refractivity contribution is 5.96. The molecule has 1 aromatic carbocycles. The van der Waals surface area contributed by atoms with E-state index in [-0.39, 0.29) is 0 Å². The Labute approximate surface area is 226 Å². The summed E-state index contributed by atoms with van der Waals surface area (Å²) in [5.74, 6) is 1.54. The Morgan fingerprint density at radius 3 is 2.55 bits per heavy atom. The van der Waals surface area contributed by atoms with Crippen molar-refractivity contribution in [3.8, 4) is 22.9 Å². The molecule has 6 rings (SSSR count). The average molecular weight is 518 g/mol. The van der Waals surface area contributed by atoms with Gasteiger partial charge in [-0.3, -0.25) is 0 Å². The van der Waals surface area contributed by atoms with Crippen LogP contribution < -0.4 is 14.8 Å². The smallest absolute Gasteiger partial charge is 0.163 e. The highest BCUT2D eigenvalue weighted by Crippen LogP contribution is 2.50. The van der Waals surface area contributed by atoms with Gasteiger partial charge in [-0.2, -0.15) is 0 Å². The summed E-state index contributed by atoms with van der Waals surface area (Å²) in [4.78, 5) is 13.5. The van der Waals surface area contributed by atoms with Gasteiger partial charge in [0, 0.05) is 35.4 Å². The molecule has 7 heteroatoms. The Balaban J connectivity index is 1.24. The summed E-state index contributed by atoms with van der Waals surface area (Å²) in [5, 5.41) is 4.99. The number of piperidine rings is 1. The van der Waals surface area contributed by atoms with Crippen LogP contribution in [0.1, 0.15) is 50.6 Å². The molecule has 0 radical (unpaired) electrons. The molecule has 1 aliphatic carbocycles. The Bertz CT molecular complexity index is 1250. The number of nitrogens with one attached hydrogen (secondary N) is 2. The first-order chi connectivity index (χ1) is 18.5. The van der Waals surface area contributed by atoms with Crippen LogP contribution >= 0.6 is 0 Å². The Kier molecular flexibility index (Phi) is 7.23. The number of H-pyrrole nitrogens is 1. The Morgan fingerprint density at radius 2 is 1.84 bits per heavy atom. The summed E-state index contributed by atoms with van der Waals surface area (Å²) in [5.41, 5.74) is 5.71. The molecule has 2 aromatic heterocycles. The van der Waals surface area contributed by atoms with E-state index < -0.39 is 0 Å². The molecule has 0 bridgehead atoms. The van der Waals surface area contributed by atoms with Crippen molar-refractivity contribution in [3.63, 3.8) is 0 Å². The number of ether oxygens (including phenoxy) is 2. The van der Waals surface area contributed by atoms with Crippen LogP contribution in [0.15, 0.2) is 30.3 Å². The van der Waals surface area contributed by atoms with Crippen LogP contribution in [0.25, 0.3) is 22.3 Å². The van der Waals surface area contributed by atoms with E-state index in [2.05, 4.69) is 64.4 Å². The topological polar surface area (TPSA) is 65.6 Å². The Hall–Kier alpha value is -2.77. The molecule has 204 valence electrons. The van der Waals surface area contributed by atoms with Crippen molar-refractivity contribution in [2.24, 2.45) is 5.41 Å². The zero-order valence-electron chi connectivity index (χ0n) is 23.3. The van der Waals surface area contributed by atoms with Crippen molar-refractivity contribution >= 4 is 16.6 Å². The minimum Gasteiger partial charge on any atom is -0.493 e. The molecule has 4 heterocycles. The number of methoxy groups -OCH3 is 1. The number of hydrogen-bond acceptors (Lipinski definition) is 6. The number of hydrogen-bond donors (Lipinski definition) is 2. The second-order valence-corrected chi connectivity index (χ2v) is 11.9. The van der Waals surface area contributed by atoms with Gasteiger partial charge >= 0.3 is 0 Å². The maximum atomic E-state index is 6.26. The third kappa shape index (κ3) is 5.36. The number of aryl methyl sites for hydroxylation is 1. The van der Waals surface area contributed by atoms with Crippen LogP contribution in [0, 0.1) is 12.3 Å². The summed E-state index contributed by atoms with van der Waals surface area (Å²) in [6, 6.07) is 11.1. The molecular formula is C31H43N5O2. The van der Waals surface area contributed by atoms with E-state index in [0.29, 0.717) is 18.1 Å². The predicted molar refractivity (Wildman–Crippen MR) is 154 cm³/mol. The summed E-state index contributed by atoms with van der Waals surface area (Å²) in [6.45, 7) is 8.74. The summed E-state index contributed by atoms with van der Waals surface area (Å²) < 4.78 is 12.1. The molecule has 3 aliphatic rings. The van der Waals surface area contributed by atoms with Crippen LogP contribution in [-0.2, 0) is 0 Å². The normalized spacial score (nSPS) is 20.2. The minimum absolute atomic E-state index is 0.495. The van der Waals surface area contributed by atoms with Crippen LogP contribution in [0.5, 0.6) is 11.5 Å². The fourth-order valence-corrected chi connectivity index (χ4v) is 6.70. The molecule has 3 aromatic rings. The number of aromatic amines is 1. The van der Waals surface area contributed by atoms with Gasteiger partial charge in [0.2, 0.25) is 0 Å². The molecular weight excluding hydrogens is 474 g/mol. The highest BCUT2D eigenvalue weighted by Gasteiger charge is 2.45. The number of pyridine rings is 1. The number of fused-ring (bicyclic) bond motifs is 1. The van der Waals surface area contributed by atoms with Crippen LogP contribution in [0.2, 0.25) is 0 Å². The summed E-state index contributed by atoms with van der Waals surface area (Å²) in [6.07, 6.45) is 8.79. The van der Waals surface area contributed by atoms with Gasteiger partial charge in [0.25, 0.3) is 0 Å². The van der Waals surface area contributed by atoms with E-state index in [4.69, 9.17) is 14.5 Å². The lowest BCUT2D eigenvalue weighted by molar-refractivity contribution is 0.0328. The van der Waals surface area contributed by atoms with Gasteiger partial charge in [0.15, 0.2) is 11.5 Å². The van der Waals surface area contributed by atoms with Gasteiger partial charge in [-0.25, -0.2) is 4.98 Å². The van der Waals surface area contributed by atoms with Crippen molar-refractivity contribution in [3.05, 3.63) is 36.0 Å². The largest absolute Gasteiger partial charge is 0.493 e. The van der Waals surface area contributed by atoms with Crippen LogP contribution in [0.3, 0.4) is 0 Å². The molecule has 1 spiro atoms. The van der Waals surface area contributed by atoms with Gasteiger partial charge in [-0.05, 0) is 115 Å². The molecule has 0 unspecified atom stereocenters. The summed E-state index contributed by atoms with van der Waals surface area (Å²) in [7, 11) is 3.97. The second-order valence-electron chi connectivity index (χ2n) is 11.9. The lowest BCUT2D eigenvalue weighted by Gasteiger charge is -2.52. The molecule has 38 heavy (non-hydrogen) atoms. The highest BCUT2D eigenvalue weighted by atomic mass is 16.5. The van der Waals surface area contributed by atoms with Crippen LogP contribution in [0.4, 0.5) is 5.69 Å². The average Bonchev–Trinajstić information content (AvgIpc) is 3.58. The number of nitrogens with zero attached hydrogens (tertiary/aromatic N) is 3. The quantitative estimate of drug-likeness (QED) is 0.355. The maximum absolute atomic E-state index is 6.26. The SMILES string of the molecule is COc1cc2c(NC3CC4(CCN(C)CC4)C3)cc(-c3ccc(C)[nH]3)nc2cc1OCCCN1CCCC1. The van der Waals surface area contributed by atoms with Crippen molar-refractivity contribution < 1.29 is 9.47 Å².